The van der Waals surface area contributed by atoms with Gasteiger partial charge in [0.2, 0.25) is 0 Å². The molecule has 2 N–H and O–H groups in total. The second-order valence-electron chi connectivity index (χ2n) is 6.07. The SMILES string of the molecule is Cc1nc(Nc2ccc(F)c(F)c2)cc(C(=O)NCCc2ccc(F)cc2)n1. The van der Waals surface area contributed by atoms with Crippen molar-refractivity contribution in [3.63, 3.8) is 0 Å². The standard InChI is InChI=1S/C20H17F3N4O/c1-12-25-18(20(28)24-9-8-13-2-4-14(21)5-3-13)11-19(26-12)27-15-6-7-16(22)17(23)10-15/h2-7,10-11H,8-9H2,1H3,(H,24,28)(H,25,26,27). The lowest BCUT2D eigenvalue weighted by Crippen LogP contribution is -2.27. The van der Waals surface area contributed by atoms with E-state index >= 15 is 0 Å². The van der Waals surface area contributed by atoms with Crippen LogP contribution >= 0.6 is 0 Å². The van der Waals surface area contributed by atoms with Gasteiger partial charge in [0.1, 0.15) is 23.2 Å². The molecule has 0 bridgehead atoms. The molecule has 0 radical (unpaired) electrons. The normalized spacial score (nSPS) is 10.6. The summed E-state index contributed by atoms with van der Waals surface area (Å²) in [4.78, 5) is 20.6. The van der Waals surface area contributed by atoms with E-state index in [0.29, 0.717) is 24.5 Å². The Morgan fingerprint density at radius 1 is 0.964 bits per heavy atom. The van der Waals surface area contributed by atoms with Gasteiger partial charge in [-0.1, -0.05) is 12.1 Å². The van der Waals surface area contributed by atoms with Crippen LogP contribution < -0.4 is 10.6 Å². The lowest BCUT2D eigenvalue weighted by Gasteiger charge is -2.09. The van der Waals surface area contributed by atoms with Crippen molar-refractivity contribution in [2.75, 3.05) is 11.9 Å². The number of aryl methyl sites for hydroxylation is 1. The van der Waals surface area contributed by atoms with E-state index < -0.39 is 17.5 Å². The minimum atomic E-state index is -0.991. The van der Waals surface area contributed by atoms with Gasteiger partial charge in [-0.25, -0.2) is 23.1 Å². The van der Waals surface area contributed by atoms with Crippen LogP contribution in [-0.4, -0.2) is 22.4 Å². The highest BCUT2D eigenvalue weighted by Crippen LogP contribution is 2.18. The Hall–Kier alpha value is -3.42. The van der Waals surface area contributed by atoms with E-state index in [9.17, 15) is 18.0 Å². The van der Waals surface area contributed by atoms with Crippen LogP contribution in [0.5, 0.6) is 0 Å². The summed E-state index contributed by atoms with van der Waals surface area (Å²) >= 11 is 0. The zero-order chi connectivity index (χ0) is 20.1. The van der Waals surface area contributed by atoms with Gasteiger partial charge >= 0.3 is 0 Å². The molecular weight excluding hydrogens is 369 g/mol. The van der Waals surface area contributed by atoms with Crippen molar-refractivity contribution < 1.29 is 18.0 Å². The largest absolute Gasteiger partial charge is 0.350 e. The molecule has 0 unspecified atom stereocenters. The van der Waals surface area contributed by atoms with Crippen LogP contribution in [0.4, 0.5) is 24.7 Å². The number of carbonyl (C=O) groups is 1. The predicted octanol–water partition coefficient (Wildman–Crippen LogP) is 3.92. The Labute approximate surface area is 159 Å². The van der Waals surface area contributed by atoms with Crippen molar-refractivity contribution in [3.8, 4) is 0 Å². The van der Waals surface area contributed by atoms with Gasteiger partial charge in [-0.3, -0.25) is 4.79 Å². The molecule has 0 aliphatic carbocycles. The average molecular weight is 386 g/mol. The summed E-state index contributed by atoms with van der Waals surface area (Å²) in [5, 5.41) is 5.56. The molecule has 8 heteroatoms. The van der Waals surface area contributed by atoms with Gasteiger partial charge in [-0.2, -0.15) is 0 Å². The molecule has 3 rings (SSSR count). The third kappa shape index (κ3) is 5.06. The number of nitrogens with zero attached hydrogens (tertiary/aromatic N) is 2. The molecule has 0 aliphatic heterocycles. The summed E-state index contributed by atoms with van der Waals surface area (Å²) in [7, 11) is 0. The summed E-state index contributed by atoms with van der Waals surface area (Å²) in [6.07, 6.45) is 0.538. The third-order valence-corrected chi connectivity index (χ3v) is 3.88. The first-order valence-electron chi connectivity index (χ1n) is 8.51. The van der Waals surface area contributed by atoms with Gasteiger partial charge in [-0.05, 0) is 43.2 Å². The number of hydrogen-bond acceptors (Lipinski definition) is 4. The molecule has 0 atom stereocenters. The Kier molecular flexibility index (Phi) is 5.88. The van der Waals surface area contributed by atoms with E-state index in [0.717, 1.165) is 17.7 Å². The fourth-order valence-corrected chi connectivity index (χ4v) is 2.53. The second kappa shape index (κ2) is 8.51. The molecule has 0 saturated carbocycles. The minimum absolute atomic E-state index is 0.136. The van der Waals surface area contributed by atoms with Crippen molar-refractivity contribution in [2.24, 2.45) is 0 Å². The quantitative estimate of drug-likeness (QED) is 0.674. The van der Waals surface area contributed by atoms with E-state index in [1.54, 1.807) is 19.1 Å². The molecule has 1 amide bonds. The fourth-order valence-electron chi connectivity index (χ4n) is 2.53. The third-order valence-electron chi connectivity index (χ3n) is 3.88. The topological polar surface area (TPSA) is 66.9 Å². The molecule has 3 aromatic rings. The Morgan fingerprint density at radius 2 is 1.71 bits per heavy atom. The van der Waals surface area contributed by atoms with Gasteiger partial charge in [0, 0.05) is 24.4 Å². The van der Waals surface area contributed by atoms with Crippen LogP contribution in [0.25, 0.3) is 0 Å². The van der Waals surface area contributed by atoms with Crippen LogP contribution in [0.2, 0.25) is 0 Å². The molecule has 0 saturated heterocycles. The highest BCUT2D eigenvalue weighted by molar-refractivity contribution is 5.93. The summed E-state index contributed by atoms with van der Waals surface area (Å²) in [5.41, 5.74) is 1.32. The smallest absolute Gasteiger partial charge is 0.270 e. The van der Waals surface area contributed by atoms with Crippen molar-refractivity contribution >= 4 is 17.4 Å². The molecular formula is C20H17F3N4O. The van der Waals surface area contributed by atoms with Gasteiger partial charge in [0.15, 0.2) is 11.6 Å². The Balaban J connectivity index is 1.65. The van der Waals surface area contributed by atoms with E-state index in [4.69, 9.17) is 0 Å². The number of nitrogens with one attached hydrogen (secondary N) is 2. The number of amides is 1. The maximum atomic E-state index is 13.3. The van der Waals surface area contributed by atoms with E-state index in [1.165, 1.54) is 24.3 Å². The summed E-state index contributed by atoms with van der Waals surface area (Å²) in [5.74, 6) is -2.04. The second-order valence-corrected chi connectivity index (χ2v) is 6.07. The maximum Gasteiger partial charge on any atom is 0.270 e. The molecule has 0 spiro atoms. The van der Waals surface area contributed by atoms with Crippen LogP contribution in [0.15, 0.2) is 48.5 Å². The maximum absolute atomic E-state index is 13.3. The summed E-state index contributed by atoms with van der Waals surface area (Å²) < 4.78 is 39.3. The number of anilines is 2. The molecule has 28 heavy (non-hydrogen) atoms. The Morgan fingerprint density at radius 3 is 2.43 bits per heavy atom. The van der Waals surface area contributed by atoms with Crippen LogP contribution in [-0.2, 0) is 6.42 Å². The number of halogens is 3. The van der Waals surface area contributed by atoms with E-state index in [-0.39, 0.29) is 17.3 Å². The zero-order valence-corrected chi connectivity index (χ0v) is 15.0. The molecule has 1 aromatic heterocycles. The molecule has 0 fully saturated rings. The first-order valence-corrected chi connectivity index (χ1v) is 8.51. The monoisotopic (exact) mass is 386 g/mol. The highest BCUT2D eigenvalue weighted by Gasteiger charge is 2.11. The van der Waals surface area contributed by atoms with Crippen LogP contribution in [0.1, 0.15) is 21.9 Å². The number of carbonyl (C=O) groups excluding carboxylic acids is 1. The predicted molar refractivity (Wildman–Crippen MR) is 98.8 cm³/mol. The number of hydrogen-bond donors (Lipinski definition) is 2. The lowest BCUT2D eigenvalue weighted by atomic mass is 10.1. The average Bonchev–Trinajstić information content (AvgIpc) is 2.66. The van der Waals surface area contributed by atoms with Crippen LogP contribution in [0, 0.1) is 24.4 Å². The van der Waals surface area contributed by atoms with Gasteiger partial charge in [0.05, 0.1) is 0 Å². The Bertz CT molecular complexity index is 993. The van der Waals surface area contributed by atoms with Gasteiger partial charge in [-0.15, -0.1) is 0 Å². The molecule has 144 valence electrons. The van der Waals surface area contributed by atoms with E-state index in [1.807, 2.05) is 0 Å². The van der Waals surface area contributed by atoms with Crippen molar-refractivity contribution in [2.45, 2.75) is 13.3 Å². The van der Waals surface area contributed by atoms with Crippen molar-refractivity contribution in [1.29, 1.82) is 0 Å². The first-order chi connectivity index (χ1) is 13.4. The highest BCUT2D eigenvalue weighted by atomic mass is 19.2. The summed E-state index contributed by atoms with van der Waals surface area (Å²) in [6, 6.07) is 10.8. The lowest BCUT2D eigenvalue weighted by molar-refractivity contribution is 0.0948. The molecule has 5 nitrogen and oxygen atoms in total. The van der Waals surface area contributed by atoms with Crippen molar-refractivity contribution in [3.05, 3.63) is 83.1 Å². The first kappa shape index (κ1) is 19.3. The van der Waals surface area contributed by atoms with E-state index in [2.05, 4.69) is 20.6 Å². The summed E-state index contributed by atoms with van der Waals surface area (Å²) in [6.45, 7) is 1.96. The van der Waals surface area contributed by atoms with Crippen LogP contribution in [0.3, 0.4) is 0 Å². The molecule has 0 aliphatic rings. The molecule has 2 aromatic carbocycles. The van der Waals surface area contributed by atoms with Crippen molar-refractivity contribution in [1.82, 2.24) is 15.3 Å². The fraction of sp³-hybridized carbons (Fsp3) is 0.150. The number of benzene rings is 2. The van der Waals surface area contributed by atoms with Gasteiger partial charge < -0.3 is 10.6 Å². The number of aromatic nitrogens is 2. The molecule has 1 heterocycles. The van der Waals surface area contributed by atoms with Gasteiger partial charge in [0.25, 0.3) is 5.91 Å². The number of rotatable bonds is 6. The zero-order valence-electron chi connectivity index (χ0n) is 15.0. The minimum Gasteiger partial charge on any atom is -0.350 e.